The highest BCUT2D eigenvalue weighted by molar-refractivity contribution is 5.82. The summed E-state index contributed by atoms with van der Waals surface area (Å²) in [5.41, 5.74) is 7.75. The predicted molar refractivity (Wildman–Crippen MR) is 106 cm³/mol. The second-order valence-electron chi connectivity index (χ2n) is 7.03. The third kappa shape index (κ3) is 5.78. The number of aryl methyl sites for hydroxylation is 1. The number of amides is 1. The second kappa shape index (κ2) is 9.24. The Morgan fingerprint density at radius 2 is 2.03 bits per heavy atom. The fraction of sp³-hybridized carbons (Fsp3) is 0.474. The number of nitrogens with zero attached hydrogens (tertiary/aromatic N) is 4. The van der Waals surface area contributed by atoms with E-state index in [4.69, 9.17) is 5.73 Å². The molecule has 1 aliphatic heterocycles. The van der Waals surface area contributed by atoms with E-state index in [9.17, 15) is 18.0 Å². The van der Waals surface area contributed by atoms with Crippen LogP contribution in [0.25, 0.3) is 0 Å². The minimum absolute atomic E-state index is 0.0220. The number of hydrogen-bond donors (Lipinski definition) is 3. The molecule has 0 bridgehead atoms. The molecule has 0 spiro atoms. The molecule has 30 heavy (non-hydrogen) atoms. The van der Waals surface area contributed by atoms with Gasteiger partial charge in [0.05, 0.1) is 12.6 Å². The van der Waals surface area contributed by atoms with E-state index in [0.717, 1.165) is 17.7 Å². The molecule has 2 heterocycles. The quantitative estimate of drug-likeness (QED) is 0.627. The van der Waals surface area contributed by atoms with Crippen LogP contribution in [0, 0.1) is 0 Å². The van der Waals surface area contributed by atoms with Gasteiger partial charge in [-0.15, -0.1) is 0 Å². The number of aromatic nitrogens is 3. The molecule has 1 aliphatic rings. The van der Waals surface area contributed by atoms with Gasteiger partial charge >= 0.3 is 6.18 Å². The van der Waals surface area contributed by atoms with Crippen LogP contribution in [-0.4, -0.2) is 51.1 Å². The number of halogens is 3. The number of benzene rings is 1. The summed E-state index contributed by atoms with van der Waals surface area (Å²) in [6.45, 7) is 1.42. The molecule has 0 saturated carbocycles. The Bertz CT molecular complexity index is 891. The smallest absolute Gasteiger partial charge is 0.368 e. The number of nitrogens with one attached hydrogen (secondary N) is 2. The van der Waals surface area contributed by atoms with E-state index in [2.05, 4.69) is 20.3 Å². The number of nitrogens with two attached hydrogens (primary N) is 1. The van der Waals surface area contributed by atoms with Crippen molar-refractivity contribution < 1.29 is 18.0 Å². The molecular weight excluding hydrogens is 399 g/mol. The van der Waals surface area contributed by atoms with Gasteiger partial charge in [0.1, 0.15) is 12.4 Å². The van der Waals surface area contributed by atoms with Crippen molar-refractivity contribution in [2.24, 2.45) is 0 Å². The number of likely N-dealkylation sites (tertiary alicyclic amines) is 1. The van der Waals surface area contributed by atoms with Gasteiger partial charge in [-0.25, -0.2) is 0 Å². The zero-order chi connectivity index (χ0) is 21.7. The van der Waals surface area contributed by atoms with E-state index < -0.39 is 24.7 Å². The molecule has 1 aromatic heterocycles. The Kier molecular flexibility index (Phi) is 6.70. The van der Waals surface area contributed by atoms with Gasteiger partial charge in [0.2, 0.25) is 17.8 Å². The van der Waals surface area contributed by atoms with Crippen LogP contribution in [-0.2, 0) is 17.8 Å². The molecule has 8 nitrogen and oxygen atoms in total. The molecule has 1 fully saturated rings. The monoisotopic (exact) mass is 423 g/mol. The first-order valence-corrected chi connectivity index (χ1v) is 9.69. The van der Waals surface area contributed by atoms with Crippen LogP contribution >= 0.6 is 0 Å². The van der Waals surface area contributed by atoms with Crippen molar-refractivity contribution in [1.82, 2.24) is 25.2 Å². The number of para-hydroxylation sites is 1. The van der Waals surface area contributed by atoms with Crippen LogP contribution in [0.5, 0.6) is 0 Å². The Hall–Kier alpha value is -2.95. The van der Waals surface area contributed by atoms with Gasteiger partial charge in [-0.1, -0.05) is 25.1 Å². The first-order chi connectivity index (χ1) is 14.2. The van der Waals surface area contributed by atoms with Gasteiger partial charge < -0.3 is 16.4 Å². The third-order valence-electron chi connectivity index (χ3n) is 4.82. The lowest BCUT2D eigenvalue weighted by molar-refractivity contribution is -0.141. The topological polar surface area (TPSA) is 109 Å². The fourth-order valence-electron chi connectivity index (χ4n) is 3.43. The highest BCUT2D eigenvalue weighted by Crippen LogP contribution is 2.22. The standard InChI is InChI=1S/C19H24F3N7O/c1-2-12-6-3-4-7-13(12)25-18-27-15(26-17(23)28-18)10-29-9-5-8-14(29)16(30)24-11-19(20,21)22/h3-4,6-7,14H,2,5,8-11H2,1H3,(H,24,30)(H3,23,25,26,27,28). The van der Waals surface area contributed by atoms with Gasteiger partial charge in [-0.2, -0.15) is 28.1 Å². The van der Waals surface area contributed by atoms with Crippen molar-refractivity contribution >= 4 is 23.5 Å². The van der Waals surface area contributed by atoms with Crippen molar-refractivity contribution in [3.8, 4) is 0 Å². The van der Waals surface area contributed by atoms with E-state index in [-0.39, 0.29) is 18.4 Å². The summed E-state index contributed by atoms with van der Waals surface area (Å²) in [7, 11) is 0. The number of carbonyl (C=O) groups is 1. The number of nitrogen functional groups attached to an aromatic ring is 1. The Balaban J connectivity index is 1.71. The molecule has 0 aliphatic carbocycles. The minimum atomic E-state index is -4.45. The first kappa shape index (κ1) is 21.8. The van der Waals surface area contributed by atoms with Gasteiger partial charge in [-0.05, 0) is 37.4 Å². The van der Waals surface area contributed by atoms with Crippen molar-refractivity contribution in [2.45, 2.75) is 44.9 Å². The van der Waals surface area contributed by atoms with Crippen LogP contribution in [0.3, 0.4) is 0 Å². The zero-order valence-corrected chi connectivity index (χ0v) is 16.5. The Morgan fingerprint density at radius 1 is 1.27 bits per heavy atom. The molecule has 1 amide bonds. The molecule has 1 saturated heterocycles. The summed E-state index contributed by atoms with van der Waals surface area (Å²) in [6.07, 6.45) is -2.46. The first-order valence-electron chi connectivity index (χ1n) is 9.69. The van der Waals surface area contributed by atoms with Gasteiger partial charge in [-0.3, -0.25) is 9.69 Å². The highest BCUT2D eigenvalue weighted by atomic mass is 19.4. The fourth-order valence-corrected chi connectivity index (χ4v) is 3.43. The summed E-state index contributed by atoms with van der Waals surface area (Å²) < 4.78 is 37.2. The van der Waals surface area contributed by atoms with Crippen LogP contribution in [0.15, 0.2) is 24.3 Å². The SMILES string of the molecule is CCc1ccccc1Nc1nc(N)nc(CN2CCCC2C(=O)NCC(F)(F)F)n1. The number of rotatable bonds is 7. The average molecular weight is 423 g/mol. The third-order valence-corrected chi connectivity index (χ3v) is 4.82. The van der Waals surface area contributed by atoms with E-state index in [1.807, 2.05) is 36.5 Å². The van der Waals surface area contributed by atoms with Crippen LogP contribution < -0.4 is 16.4 Å². The number of anilines is 3. The summed E-state index contributed by atoms with van der Waals surface area (Å²) in [6, 6.07) is 7.06. The molecule has 162 valence electrons. The van der Waals surface area contributed by atoms with Crippen LogP contribution in [0.4, 0.5) is 30.8 Å². The molecule has 1 unspecified atom stereocenters. The Morgan fingerprint density at radius 3 is 2.77 bits per heavy atom. The summed E-state index contributed by atoms with van der Waals surface area (Å²) in [5.74, 6) is -0.0130. The van der Waals surface area contributed by atoms with Crippen molar-refractivity contribution in [3.05, 3.63) is 35.7 Å². The zero-order valence-electron chi connectivity index (χ0n) is 16.5. The number of carbonyl (C=O) groups excluding carboxylic acids is 1. The largest absolute Gasteiger partial charge is 0.405 e. The van der Waals surface area contributed by atoms with E-state index in [1.165, 1.54) is 0 Å². The molecule has 11 heteroatoms. The molecule has 3 rings (SSSR count). The van der Waals surface area contributed by atoms with Crippen LogP contribution in [0.1, 0.15) is 31.2 Å². The Labute approximate surface area is 172 Å². The van der Waals surface area contributed by atoms with E-state index >= 15 is 0 Å². The number of hydrogen-bond acceptors (Lipinski definition) is 7. The maximum atomic E-state index is 12.4. The molecular formula is C19H24F3N7O. The normalized spacial score (nSPS) is 17.1. The van der Waals surface area contributed by atoms with E-state index in [1.54, 1.807) is 4.90 Å². The van der Waals surface area contributed by atoms with Gasteiger partial charge in [0.25, 0.3) is 0 Å². The van der Waals surface area contributed by atoms with Crippen LogP contribution in [0.2, 0.25) is 0 Å². The number of alkyl halides is 3. The maximum absolute atomic E-state index is 12.4. The minimum Gasteiger partial charge on any atom is -0.368 e. The maximum Gasteiger partial charge on any atom is 0.405 e. The van der Waals surface area contributed by atoms with Gasteiger partial charge in [0, 0.05) is 5.69 Å². The molecule has 2 aromatic rings. The lowest BCUT2D eigenvalue weighted by Gasteiger charge is -2.23. The predicted octanol–water partition coefficient (Wildman–Crippen LogP) is 2.40. The average Bonchev–Trinajstić information content (AvgIpc) is 3.13. The molecule has 4 N–H and O–H groups in total. The molecule has 1 aromatic carbocycles. The molecule has 0 radical (unpaired) electrons. The van der Waals surface area contributed by atoms with Gasteiger partial charge in [0.15, 0.2) is 0 Å². The summed E-state index contributed by atoms with van der Waals surface area (Å²) in [5, 5.41) is 5.09. The van der Waals surface area contributed by atoms with Crippen molar-refractivity contribution in [2.75, 3.05) is 24.1 Å². The summed E-state index contributed by atoms with van der Waals surface area (Å²) >= 11 is 0. The van der Waals surface area contributed by atoms with Crippen molar-refractivity contribution in [1.29, 1.82) is 0 Å². The van der Waals surface area contributed by atoms with Crippen molar-refractivity contribution in [3.63, 3.8) is 0 Å². The van der Waals surface area contributed by atoms with E-state index in [0.29, 0.717) is 25.2 Å². The lowest BCUT2D eigenvalue weighted by Crippen LogP contribution is -2.45. The molecule has 1 atom stereocenters. The lowest BCUT2D eigenvalue weighted by atomic mass is 10.1. The highest BCUT2D eigenvalue weighted by Gasteiger charge is 2.34. The summed E-state index contributed by atoms with van der Waals surface area (Å²) in [4.78, 5) is 26.6. The second-order valence-corrected chi connectivity index (χ2v) is 7.03.